The van der Waals surface area contributed by atoms with E-state index in [1.807, 2.05) is 68.0 Å². The van der Waals surface area contributed by atoms with Crippen LogP contribution < -0.4 is 19.6 Å². The van der Waals surface area contributed by atoms with Crippen LogP contribution in [-0.2, 0) is 103 Å². The fourth-order valence-corrected chi connectivity index (χ4v) is 28.2. The van der Waals surface area contributed by atoms with Gasteiger partial charge >= 0.3 is 0 Å². The lowest BCUT2D eigenvalue weighted by molar-refractivity contribution is 0.941. The van der Waals surface area contributed by atoms with Crippen molar-refractivity contribution >= 4 is 68.9 Å². The number of fused-ring (bicyclic) bond motifs is 48. The molecule has 12 aromatic carbocycles. The molecule has 8 aromatic heterocycles. The molecule has 140 heavy (non-hydrogen) atoms. The number of hydrogen-bond acceptors (Lipinski definition) is 12. The van der Waals surface area contributed by atoms with Crippen LogP contribution in [0.15, 0.2) is 317 Å². The van der Waals surface area contributed by atoms with E-state index >= 15 is 0 Å². The van der Waals surface area contributed by atoms with Crippen molar-refractivity contribution in [1.82, 2.24) is 39.9 Å². The molecule has 656 valence electrons. The van der Waals surface area contributed by atoms with Crippen molar-refractivity contribution in [2.24, 2.45) is 0 Å². The number of nitrogens with zero attached hydrogens (tertiary/aromatic N) is 12. The second-order valence-electron chi connectivity index (χ2n) is 40.8. The van der Waals surface area contributed by atoms with Crippen molar-refractivity contribution in [2.45, 2.75) is 103 Å². The molecule has 0 spiro atoms. The van der Waals surface area contributed by atoms with Gasteiger partial charge in [0.1, 0.15) is 29.1 Å². The van der Waals surface area contributed by atoms with E-state index in [0.29, 0.717) is 0 Å². The van der Waals surface area contributed by atoms with Gasteiger partial charge in [-0.3, -0.25) is 34.6 Å². The van der Waals surface area contributed by atoms with Crippen molar-refractivity contribution in [2.75, 3.05) is 19.6 Å². The molecule has 12 heteroatoms. The highest BCUT2D eigenvalue weighted by atomic mass is 15.3. The largest absolute Gasteiger partial charge is 0.294 e. The van der Waals surface area contributed by atoms with E-state index in [-0.39, 0.29) is 0 Å². The number of benzene rings is 12. The number of anilines is 12. The Kier molecular flexibility index (Phi) is 15.4. The van der Waals surface area contributed by atoms with Gasteiger partial charge in [-0.2, -0.15) is 0 Å². The molecular weight excluding hydrogens is 1710 g/mol. The van der Waals surface area contributed by atoms with Gasteiger partial charge in [-0.1, -0.05) is 176 Å². The second-order valence-corrected chi connectivity index (χ2v) is 40.8. The first-order chi connectivity index (χ1) is 69.4. The number of pyridine rings is 8. The van der Waals surface area contributed by atoms with Crippen LogP contribution in [0.25, 0.3) is 89.0 Å². The highest BCUT2D eigenvalue weighted by Gasteiger charge is 2.46. The van der Waals surface area contributed by atoms with Gasteiger partial charge in [0.15, 0.2) is 0 Å². The highest BCUT2D eigenvalue weighted by Crippen LogP contribution is 2.63. The maximum absolute atomic E-state index is 4.86. The summed E-state index contributed by atoms with van der Waals surface area (Å²) in [6.07, 6.45) is 35.0. The molecule has 0 amide bonds. The van der Waals surface area contributed by atoms with E-state index in [0.717, 1.165) is 138 Å². The van der Waals surface area contributed by atoms with Crippen LogP contribution in [0.4, 0.5) is 68.9 Å². The Balaban J connectivity index is 0.0000000829. The molecule has 0 N–H and O–H groups in total. The second kappa shape index (κ2) is 28.4. The summed E-state index contributed by atoms with van der Waals surface area (Å²) >= 11 is 0. The van der Waals surface area contributed by atoms with Gasteiger partial charge in [0.05, 0.1) is 51.7 Å². The van der Waals surface area contributed by atoms with Gasteiger partial charge in [-0.15, -0.1) is 0 Å². The topological polar surface area (TPSA) is 116 Å². The summed E-state index contributed by atoms with van der Waals surface area (Å²) in [7, 11) is 0. The Bertz CT molecular complexity index is 8060. The van der Waals surface area contributed by atoms with Crippen molar-refractivity contribution in [1.29, 1.82) is 0 Å². The minimum atomic E-state index is 0.869. The van der Waals surface area contributed by atoms with E-state index in [1.54, 1.807) is 0 Å². The van der Waals surface area contributed by atoms with Gasteiger partial charge < -0.3 is 0 Å². The number of hydrogen-bond donors (Lipinski definition) is 0. The molecule has 0 bridgehead atoms. The van der Waals surface area contributed by atoms with Crippen LogP contribution >= 0.6 is 0 Å². The first kappa shape index (κ1) is 76.2. The Hall–Kier alpha value is -17.0. The molecule has 16 aliphatic rings. The van der Waals surface area contributed by atoms with Crippen LogP contribution in [0.3, 0.4) is 0 Å². The fourth-order valence-electron chi connectivity index (χ4n) is 28.2. The van der Waals surface area contributed by atoms with Crippen molar-refractivity contribution in [3.63, 3.8) is 0 Å². The van der Waals surface area contributed by atoms with Crippen LogP contribution in [0.1, 0.15) is 178 Å². The summed E-state index contributed by atoms with van der Waals surface area (Å²) < 4.78 is 0. The Morgan fingerprint density at radius 1 is 0.157 bits per heavy atom. The molecule has 0 fully saturated rings. The summed E-state index contributed by atoms with van der Waals surface area (Å²) in [5.74, 6) is 5.25. The lowest BCUT2D eigenvalue weighted by atomic mass is 9.83. The molecule has 0 atom stereocenters. The monoisotopic (exact) mass is 1790 g/mol. The molecule has 36 rings (SSSR count). The molecule has 0 radical (unpaired) electrons. The minimum absolute atomic E-state index is 0.869. The Labute approximate surface area is 809 Å². The maximum atomic E-state index is 4.86. The third kappa shape index (κ3) is 10.5. The fraction of sp³-hybridized carbons (Fsp3) is 0.125. The van der Waals surface area contributed by atoms with E-state index in [1.165, 1.54) is 301 Å². The van der Waals surface area contributed by atoms with Gasteiger partial charge in [0, 0.05) is 107 Å². The van der Waals surface area contributed by atoms with E-state index < -0.39 is 0 Å². The summed E-state index contributed by atoms with van der Waals surface area (Å²) in [6.45, 7) is 0. The third-order valence-corrected chi connectivity index (χ3v) is 33.8. The molecular formula is C128H84N12. The zero-order valence-electron chi connectivity index (χ0n) is 76.7. The SMILES string of the molecule is c1ccc2c(c1)Cc1ccc3c(c1-2)Cc1c-3cc2c3c1Cc1cccnc1N3c1cccnc1C2.c1ccc2c(c1)Cc1ccc3c(c1-2)Cc1c-3cc2c3c1Cc1cccnc1N3c1ccncc1C2.c1ccc2c(c1)Cc1ccc3c(c1-2)Cc1c-3cc2c3c1Cc1cccnc1N3c1cnccc1C2.c1ccc2c(c1)Cc1ccc3c(c1-2)Cc1c-3cc2c3c1Cc1cccnc1N3c1ncccc1C2. The first-order valence-electron chi connectivity index (χ1n) is 49.7. The average molecular weight is 1790 g/mol. The van der Waals surface area contributed by atoms with Crippen molar-refractivity contribution < 1.29 is 0 Å². The molecule has 0 saturated carbocycles. The summed E-state index contributed by atoms with van der Waals surface area (Å²) in [6, 6.07) is 94.9. The van der Waals surface area contributed by atoms with Crippen molar-refractivity contribution in [3.05, 3.63) is 495 Å². The van der Waals surface area contributed by atoms with Gasteiger partial charge in [0.25, 0.3) is 0 Å². The predicted octanol–water partition coefficient (Wildman–Crippen LogP) is 27.6. The number of rotatable bonds is 0. The molecule has 0 saturated heterocycles. The Morgan fingerprint density at radius 2 is 0.457 bits per heavy atom. The van der Waals surface area contributed by atoms with Gasteiger partial charge in [-0.05, 0) is 392 Å². The normalized spacial score (nSPS) is 14.9. The molecule has 16 heterocycles. The molecule has 12 nitrogen and oxygen atoms in total. The van der Waals surface area contributed by atoms with Crippen LogP contribution in [0, 0.1) is 0 Å². The van der Waals surface area contributed by atoms with E-state index in [9.17, 15) is 0 Å². The van der Waals surface area contributed by atoms with Gasteiger partial charge in [0.2, 0.25) is 0 Å². The minimum Gasteiger partial charge on any atom is -0.294 e. The van der Waals surface area contributed by atoms with Crippen LogP contribution in [0.2, 0.25) is 0 Å². The Morgan fingerprint density at radius 3 is 0.864 bits per heavy atom. The van der Waals surface area contributed by atoms with E-state index in [2.05, 4.69) is 278 Å². The summed E-state index contributed by atoms with van der Waals surface area (Å²) in [5, 5.41) is 0. The molecule has 20 aromatic rings. The lowest BCUT2D eigenvalue weighted by Crippen LogP contribution is -2.27. The predicted molar refractivity (Wildman–Crippen MR) is 555 cm³/mol. The summed E-state index contributed by atoms with van der Waals surface area (Å²) in [4.78, 5) is 47.5. The van der Waals surface area contributed by atoms with Crippen LogP contribution in [-0.4, -0.2) is 39.9 Å². The maximum Gasteiger partial charge on any atom is 0.142 e. The molecule has 0 unspecified atom stereocenters. The number of aromatic nitrogens is 8. The smallest absolute Gasteiger partial charge is 0.142 e. The van der Waals surface area contributed by atoms with Crippen molar-refractivity contribution in [3.8, 4) is 89.0 Å². The van der Waals surface area contributed by atoms with Crippen LogP contribution in [0.5, 0.6) is 0 Å². The lowest BCUT2D eigenvalue weighted by Gasteiger charge is -2.39. The summed E-state index contributed by atoms with van der Waals surface area (Å²) in [5.41, 5.74) is 77.5. The quantitative estimate of drug-likeness (QED) is 0.144. The zero-order valence-corrected chi connectivity index (χ0v) is 76.7. The molecule has 8 aliphatic heterocycles. The van der Waals surface area contributed by atoms with Gasteiger partial charge in [-0.25, -0.2) is 24.9 Å². The average Bonchev–Trinajstić information content (AvgIpc) is 1.44. The third-order valence-electron chi connectivity index (χ3n) is 33.8. The highest BCUT2D eigenvalue weighted by molar-refractivity contribution is 6.03. The standard InChI is InChI=1S/4C32H21N3/c1-2-8-23-18(5-1)13-19-9-10-24-25-16-22-14-20-6-3-11-33-31(20)35-30(22)28(26(25)17-27(24)29(19)23)15-21-7-4-12-34-32(21)35;1-2-7-22-18(5-1)13-19-9-10-23-24-15-21-16-28-29(8-4-11-33-28)35-31(21)27(25(24)17-26(23)30(19)22)14-20-6-3-12-34-32(20)35;1-2-6-23-18(4-1)12-20-7-8-24-25-15-22-13-19-9-11-33-17-29(19)35-31(22)28(26(25)16-27(24)30(20)23)14-21-5-3-10-34-32(21)35;1-2-6-23-18(4-1)12-19-7-8-24-25-15-21-13-22-17-33-11-9-29(22)35-31(21)28(26(25)16-27(24)30(19)23)14-20-5-3-10-34-32(20)35/h1-12,16H,13-15,17H2;1-12,15H,13-14,16-17H2;2*1-11,15,17H,12-14,16H2. The first-order valence-corrected chi connectivity index (χ1v) is 49.7. The van der Waals surface area contributed by atoms with E-state index in [4.69, 9.17) is 29.9 Å². The zero-order chi connectivity index (χ0) is 90.7. The molecule has 8 aliphatic carbocycles.